The number of hydrogen-bond donors (Lipinski definition) is 0. The van der Waals surface area contributed by atoms with Gasteiger partial charge in [0.15, 0.2) is 0 Å². The van der Waals surface area contributed by atoms with Crippen molar-refractivity contribution in [3.8, 4) is 0 Å². The Morgan fingerprint density at radius 1 is 0.400 bits per heavy atom. The fourth-order valence-corrected chi connectivity index (χ4v) is 12.6. The van der Waals surface area contributed by atoms with Gasteiger partial charge in [-0.25, -0.2) is 23.3 Å². The molecule has 0 radical (unpaired) electrons. The third kappa shape index (κ3) is 6.17. The Bertz CT molecular complexity index is 1590. The Labute approximate surface area is 273 Å². The van der Waals surface area contributed by atoms with E-state index in [1.807, 2.05) is 0 Å². The summed E-state index contributed by atoms with van der Waals surface area (Å²) in [5.74, 6) is 0. The summed E-state index contributed by atoms with van der Waals surface area (Å²) in [5, 5.41) is 5.60. The van der Waals surface area contributed by atoms with Crippen molar-refractivity contribution < 1.29 is 0 Å². The SMILES string of the molecule is CC(C)(c1c[cH-]c(C(C)(C)P(c2ccccc2)c2ccccc2)c1)c1c[cH-]c(C(C)(C)P(c2ccccc2)c2ccccc2)c1. The first-order valence-corrected chi connectivity index (χ1v) is 18.6. The lowest BCUT2D eigenvalue weighted by atomic mass is 9.80. The van der Waals surface area contributed by atoms with E-state index in [0.717, 1.165) is 0 Å². The van der Waals surface area contributed by atoms with Crippen molar-refractivity contribution >= 4 is 37.1 Å². The second-order valence-electron chi connectivity index (χ2n) is 13.5. The fraction of sp³-hybridized carbons (Fsp3) is 0.209. The fourth-order valence-electron chi connectivity index (χ4n) is 6.75. The highest BCUT2D eigenvalue weighted by Crippen LogP contribution is 2.56. The van der Waals surface area contributed by atoms with Gasteiger partial charge in [0, 0.05) is 0 Å². The molecule has 228 valence electrons. The molecule has 6 aromatic carbocycles. The van der Waals surface area contributed by atoms with E-state index in [2.05, 4.69) is 199 Å². The van der Waals surface area contributed by atoms with E-state index in [1.54, 1.807) is 0 Å². The summed E-state index contributed by atoms with van der Waals surface area (Å²) in [6.07, 6.45) is 0. The molecule has 6 rings (SSSR count). The molecular formula is C43H44P2-2. The second kappa shape index (κ2) is 12.7. The Morgan fingerprint density at radius 2 is 0.667 bits per heavy atom. The number of rotatable bonds is 10. The zero-order valence-corrected chi connectivity index (χ0v) is 29.2. The van der Waals surface area contributed by atoms with Crippen LogP contribution in [0.2, 0.25) is 0 Å². The van der Waals surface area contributed by atoms with Crippen LogP contribution in [0.25, 0.3) is 0 Å². The first-order valence-electron chi connectivity index (χ1n) is 16.0. The molecule has 0 saturated heterocycles. The molecule has 2 heteroatoms. The monoisotopic (exact) mass is 622 g/mol. The van der Waals surface area contributed by atoms with Crippen LogP contribution in [0.5, 0.6) is 0 Å². The van der Waals surface area contributed by atoms with E-state index in [0.29, 0.717) is 0 Å². The zero-order chi connectivity index (χ0) is 31.7. The Morgan fingerprint density at radius 3 is 0.933 bits per heavy atom. The highest BCUT2D eigenvalue weighted by Gasteiger charge is 2.33. The maximum absolute atomic E-state index is 2.49. The van der Waals surface area contributed by atoms with Gasteiger partial charge in [0.2, 0.25) is 0 Å². The average molecular weight is 623 g/mol. The van der Waals surface area contributed by atoms with Crippen LogP contribution in [0.3, 0.4) is 0 Å². The first kappa shape index (κ1) is 31.4. The van der Waals surface area contributed by atoms with Crippen LogP contribution >= 0.6 is 15.8 Å². The van der Waals surface area contributed by atoms with Gasteiger partial charge in [0.05, 0.1) is 0 Å². The summed E-state index contributed by atoms with van der Waals surface area (Å²) in [6.45, 7) is 14.5. The molecule has 0 heterocycles. The normalized spacial score (nSPS) is 12.6. The van der Waals surface area contributed by atoms with Crippen LogP contribution in [0.4, 0.5) is 0 Å². The van der Waals surface area contributed by atoms with Crippen molar-refractivity contribution in [3.05, 3.63) is 180 Å². The smallest absolute Gasteiger partial charge is 0.00518 e. The topological polar surface area (TPSA) is 0 Å². The van der Waals surface area contributed by atoms with Crippen molar-refractivity contribution in [2.24, 2.45) is 0 Å². The van der Waals surface area contributed by atoms with Crippen molar-refractivity contribution in [2.75, 3.05) is 0 Å². The van der Waals surface area contributed by atoms with E-state index in [4.69, 9.17) is 0 Å². The predicted molar refractivity (Wildman–Crippen MR) is 200 cm³/mol. The first-order chi connectivity index (χ1) is 21.6. The van der Waals surface area contributed by atoms with Crippen LogP contribution < -0.4 is 21.2 Å². The molecule has 45 heavy (non-hydrogen) atoms. The molecule has 0 aliphatic heterocycles. The maximum atomic E-state index is 2.49. The minimum Gasteiger partial charge on any atom is -0.207 e. The van der Waals surface area contributed by atoms with E-state index >= 15 is 0 Å². The van der Waals surface area contributed by atoms with Crippen LogP contribution in [-0.2, 0) is 15.7 Å². The van der Waals surface area contributed by atoms with Gasteiger partial charge in [-0.2, -0.15) is 35.4 Å². The number of benzene rings is 4. The van der Waals surface area contributed by atoms with Crippen molar-refractivity contribution in [1.82, 2.24) is 0 Å². The molecule has 0 nitrogen and oxygen atoms in total. The predicted octanol–water partition coefficient (Wildman–Crippen LogP) is 10.2. The number of hydrogen-bond acceptors (Lipinski definition) is 0. The minimum absolute atomic E-state index is 0.0350. The summed E-state index contributed by atoms with van der Waals surface area (Å²) in [4.78, 5) is 0. The van der Waals surface area contributed by atoms with Crippen LogP contribution in [-0.4, -0.2) is 0 Å². The molecule has 0 amide bonds. The van der Waals surface area contributed by atoms with Crippen LogP contribution in [0, 0.1) is 0 Å². The van der Waals surface area contributed by atoms with Gasteiger partial charge in [-0.05, 0) is 47.4 Å². The molecule has 0 N–H and O–H groups in total. The Balaban J connectivity index is 1.34. The van der Waals surface area contributed by atoms with Gasteiger partial charge in [-0.3, -0.25) is 0 Å². The van der Waals surface area contributed by atoms with Crippen LogP contribution in [0.15, 0.2) is 158 Å². The third-order valence-corrected chi connectivity index (χ3v) is 15.5. The van der Waals surface area contributed by atoms with E-state index in [1.165, 1.54) is 43.5 Å². The maximum Gasteiger partial charge on any atom is -0.00518 e. The van der Waals surface area contributed by atoms with Gasteiger partial charge in [0.25, 0.3) is 0 Å². The van der Waals surface area contributed by atoms with E-state index < -0.39 is 15.8 Å². The summed E-state index contributed by atoms with van der Waals surface area (Å²) < 4.78 is 0. The van der Waals surface area contributed by atoms with Gasteiger partial charge in [-0.15, -0.1) is 0 Å². The molecule has 0 fully saturated rings. The highest BCUT2D eigenvalue weighted by molar-refractivity contribution is 7.74. The molecule has 6 aromatic rings. The zero-order valence-electron chi connectivity index (χ0n) is 27.4. The second-order valence-corrected chi connectivity index (χ2v) is 19.2. The molecule has 0 aliphatic carbocycles. The van der Waals surface area contributed by atoms with Gasteiger partial charge in [-0.1, -0.05) is 168 Å². The van der Waals surface area contributed by atoms with Gasteiger partial charge >= 0.3 is 0 Å². The standard InChI is InChI=1S/C43H44P2/c1-41(2,33-27-29-35(31-33)42(3,4)44(37-19-11-7-12-20-37)38-21-13-8-14-22-38)34-28-30-36(32-34)43(5,6)45(39-23-15-9-16-24-39)40-25-17-10-18-26-40/h7-32H,1-6H3/q-2. The quantitative estimate of drug-likeness (QED) is 0.105. The van der Waals surface area contributed by atoms with Crippen molar-refractivity contribution in [2.45, 2.75) is 57.3 Å². The molecule has 0 saturated carbocycles. The molecule has 0 atom stereocenters. The molecule has 0 aliphatic rings. The Kier molecular flexibility index (Phi) is 8.85. The minimum atomic E-state index is -0.608. The van der Waals surface area contributed by atoms with Crippen molar-refractivity contribution in [3.63, 3.8) is 0 Å². The largest absolute Gasteiger partial charge is 0.207 e. The van der Waals surface area contributed by atoms with Crippen LogP contribution in [0.1, 0.15) is 63.8 Å². The lowest BCUT2D eigenvalue weighted by molar-refractivity contribution is 0.642. The Hall–Kier alpha value is -3.56. The summed E-state index contributed by atoms with van der Waals surface area (Å²) in [6, 6.07) is 58.9. The summed E-state index contributed by atoms with van der Waals surface area (Å²) >= 11 is 0. The molecule has 0 aromatic heterocycles. The lowest BCUT2D eigenvalue weighted by Crippen LogP contribution is -2.27. The van der Waals surface area contributed by atoms with Gasteiger partial charge < -0.3 is 0 Å². The third-order valence-electron chi connectivity index (χ3n) is 9.54. The van der Waals surface area contributed by atoms with E-state index in [9.17, 15) is 0 Å². The average Bonchev–Trinajstić information content (AvgIpc) is 3.76. The molecule has 0 spiro atoms. The van der Waals surface area contributed by atoms with E-state index in [-0.39, 0.29) is 15.7 Å². The molecule has 0 unspecified atom stereocenters. The molecule has 0 bridgehead atoms. The van der Waals surface area contributed by atoms with Gasteiger partial charge in [0.1, 0.15) is 0 Å². The molecular weight excluding hydrogens is 578 g/mol. The lowest BCUT2D eigenvalue weighted by Gasteiger charge is -2.40. The summed E-state index contributed by atoms with van der Waals surface area (Å²) in [5.41, 5.74) is 5.46. The summed E-state index contributed by atoms with van der Waals surface area (Å²) in [7, 11) is -1.22. The highest BCUT2D eigenvalue weighted by atomic mass is 31.1. The van der Waals surface area contributed by atoms with Crippen molar-refractivity contribution in [1.29, 1.82) is 0 Å².